The molecule has 0 bridgehead atoms. The van der Waals surface area contributed by atoms with Gasteiger partial charge >= 0.3 is 0 Å². The van der Waals surface area contributed by atoms with Crippen LogP contribution in [-0.4, -0.2) is 17.1 Å². The van der Waals surface area contributed by atoms with E-state index < -0.39 is 0 Å². The van der Waals surface area contributed by atoms with Gasteiger partial charge in [-0.1, -0.05) is 42.1 Å². The fraction of sp³-hybridized carbons (Fsp3) is 0.364. The summed E-state index contributed by atoms with van der Waals surface area (Å²) in [6.45, 7) is 0.604. The monoisotopic (exact) mass is 222 g/mol. The first kappa shape index (κ1) is 10.5. The summed E-state index contributed by atoms with van der Waals surface area (Å²) in [4.78, 5) is 4.23. The lowest BCUT2D eigenvalue weighted by Crippen LogP contribution is -2.22. The lowest BCUT2D eigenvalue weighted by molar-refractivity contribution is 0.0447. The Hall–Kier alpha value is -1.00. The van der Waals surface area contributed by atoms with Crippen molar-refractivity contribution >= 4 is 16.9 Å². The largest absolute Gasteiger partial charge is 0.378 e. The number of aliphatic imine (C=N–C) groups is 1. The molecule has 0 radical (unpaired) electrons. The summed E-state index contributed by atoms with van der Waals surface area (Å²) in [6, 6.07) is 10.1. The Morgan fingerprint density at radius 1 is 1.40 bits per heavy atom. The predicted octanol–water partition coefficient (Wildman–Crippen LogP) is 1.98. The van der Waals surface area contributed by atoms with Gasteiger partial charge in [0.1, 0.15) is 0 Å². The Morgan fingerprint density at radius 3 is 2.93 bits per heavy atom. The van der Waals surface area contributed by atoms with Crippen molar-refractivity contribution in [3.63, 3.8) is 0 Å². The van der Waals surface area contributed by atoms with Crippen LogP contribution in [0.2, 0.25) is 0 Å². The molecule has 1 unspecified atom stereocenters. The molecule has 1 aliphatic rings. The van der Waals surface area contributed by atoms with Crippen LogP contribution in [0, 0.1) is 0 Å². The maximum atomic E-state index is 5.66. The molecule has 1 atom stereocenters. The lowest BCUT2D eigenvalue weighted by atomic mass is 10.2. The summed E-state index contributed by atoms with van der Waals surface area (Å²) in [5.74, 6) is 0.995. The molecule has 1 heterocycles. The van der Waals surface area contributed by atoms with Gasteiger partial charge in [0, 0.05) is 12.2 Å². The molecule has 2 rings (SSSR count). The molecular formula is C11H14N2OS. The van der Waals surface area contributed by atoms with Gasteiger partial charge in [-0.05, 0) is 5.56 Å². The second-order valence-corrected chi connectivity index (χ2v) is 4.47. The first-order valence-corrected chi connectivity index (χ1v) is 5.95. The zero-order valence-electron chi connectivity index (χ0n) is 8.43. The minimum atomic E-state index is -0.0635. The van der Waals surface area contributed by atoms with Crippen molar-refractivity contribution in [3.05, 3.63) is 35.9 Å². The average molecular weight is 222 g/mol. The molecule has 0 spiro atoms. The molecule has 0 saturated heterocycles. The molecule has 1 aromatic carbocycles. The van der Waals surface area contributed by atoms with Crippen LogP contribution in [-0.2, 0) is 11.3 Å². The van der Waals surface area contributed by atoms with Crippen molar-refractivity contribution in [1.29, 1.82) is 0 Å². The molecule has 1 aromatic rings. The SMILES string of the molecule is NC1=NC(OCc2ccccc2)CCS1. The maximum Gasteiger partial charge on any atom is 0.156 e. The van der Waals surface area contributed by atoms with Crippen LogP contribution in [0.1, 0.15) is 12.0 Å². The second kappa shape index (κ2) is 5.19. The van der Waals surface area contributed by atoms with E-state index in [4.69, 9.17) is 10.5 Å². The fourth-order valence-corrected chi connectivity index (χ4v) is 2.12. The Bertz CT molecular complexity index is 340. The van der Waals surface area contributed by atoms with Gasteiger partial charge in [0.05, 0.1) is 6.61 Å². The van der Waals surface area contributed by atoms with Gasteiger partial charge in [-0.25, -0.2) is 4.99 Å². The van der Waals surface area contributed by atoms with Crippen LogP contribution in [0.5, 0.6) is 0 Å². The van der Waals surface area contributed by atoms with Gasteiger partial charge in [0.25, 0.3) is 0 Å². The minimum Gasteiger partial charge on any atom is -0.378 e. The zero-order valence-corrected chi connectivity index (χ0v) is 9.24. The van der Waals surface area contributed by atoms with E-state index in [-0.39, 0.29) is 6.23 Å². The smallest absolute Gasteiger partial charge is 0.156 e. The van der Waals surface area contributed by atoms with Crippen LogP contribution in [0.4, 0.5) is 0 Å². The van der Waals surface area contributed by atoms with Gasteiger partial charge in [-0.3, -0.25) is 0 Å². The molecule has 1 aliphatic heterocycles. The molecule has 0 aliphatic carbocycles. The molecule has 4 heteroatoms. The Labute approximate surface area is 93.7 Å². The third-order valence-electron chi connectivity index (χ3n) is 2.17. The summed E-state index contributed by atoms with van der Waals surface area (Å²) in [5, 5.41) is 0.638. The van der Waals surface area contributed by atoms with E-state index >= 15 is 0 Å². The summed E-state index contributed by atoms with van der Waals surface area (Å²) in [6.07, 6.45) is 0.879. The predicted molar refractivity (Wildman–Crippen MR) is 63.7 cm³/mol. The van der Waals surface area contributed by atoms with E-state index in [9.17, 15) is 0 Å². The highest BCUT2D eigenvalue weighted by molar-refractivity contribution is 8.13. The highest BCUT2D eigenvalue weighted by atomic mass is 32.2. The van der Waals surface area contributed by atoms with Crippen LogP contribution < -0.4 is 5.73 Å². The molecule has 0 amide bonds. The molecule has 0 saturated carbocycles. The number of nitrogens with zero attached hydrogens (tertiary/aromatic N) is 1. The number of amidine groups is 1. The number of ether oxygens (including phenoxy) is 1. The fourth-order valence-electron chi connectivity index (χ4n) is 1.40. The Kier molecular flexibility index (Phi) is 3.64. The Morgan fingerprint density at radius 2 is 2.20 bits per heavy atom. The van der Waals surface area contributed by atoms with Crippen LogP contribution in [0.15, 0.2) is 35.3 Å². The standard InChI is InChI=1S/C11H14N2OS/c12-11-13-10(6-7-15-11)14-8-9-4-2-1-3-5-9/h1-5,10H,6-8H2,(H2,12,13). The van der Waals surface area contributed by atoms with Gasteiger partial charge in [0.15, 0.2) is 11.4 Å². The number of hydrogen-bond donors (Lipinski definition) is 1. The number of rotatable bonds is 3. The first-order chi connectivity index (χ1) is 7.34. The van der Waals surface area contributed by atoms with E-state index in [1.807, 2.05) is 30.3 Å². The van der Waals surface area contributed by atoms with E-state index in [0.29, 0.717) is 11.8 Å². The Balaban J connectivity index is 1.86. The third-order valence-corrected chi connectivity index (χ3v) is 3.01. The minimum absolute atomic E-state index is 0.0635. The van der Waals surface area contributed by atoms with E-state index in [0.717, 1.165) is 12.2 Å². The van der Waals surface area contributed by atoms with Crippen molar-refractivity contribution in [1.82, 2.24) is 0 Å². The highest BCUT2D eigenvalue weighted by Gasteiger charge is 2.13. The quantitative estimate of drug-likeness (QED) is 0.850. The molecule has 15 heavy (non-hydrogen) atoms. The summed E-state index contributed by atoms with van der Waals surface area (Å²) >= 11 is 1.59. The molecule has 3 nitrogen and oxygen atoms in total. The van der Waals surface area contributed by atoms with Crippen molar-refractivity contribution < 1.29 is 4.74 Å². The van der Waals surface area contributed by atoms with Crippen LogP contribution in [0.3, 0.4) is 0 Å². The summed E-state index contributed by atoms with van der Waals surface area (Å²) < 4.78 is 5.66. The highest BCUT2D eigenvalue weighted by Crippen LogP contribution is 2.17. The van der Waals surface area contributed by atoms with Gasteiger partial charge in [-0.15, -0.1) is 0 Å². The van der Waals surface area contributed by atoms with Crippen molar-refractivity contribution in [2.75, 3.05) is 5.75 Å². The van der Waals surface area contributed by atoms with Gasteiger partial charge in [0.2, 0.25) is 0 Å². The van der Waals surface area contributed by atoms with Gasteiger partial charge in [-0.2, -0.15) is 0 Å². The molecule has 0 fully saturated rings. The normalized spacial score (nSPS) is 21.1. The van der Waals surface area contributed by atoms with Gasteiger partial charge < -0.3 is 10.5 Å². The number of hydrogen-bond acceptors (Lipinski definition) is 4. The summed E-state index contributed by atoms with van der Waals surface area (Å²) in [7, 11) is 0. The third kappa shape index (κ3) is 3.25. The number of thioether (sulfide) groups is 1. The van der Waals surface area contributed by atoms with E-state index in [2.05, 4.69) is 4.99 Å². The first-order valence-electron chi connectivity index (χ1n) is 4.96. The topological polar surface area (TPSA) is 47.6 Å². The van der Waals surface area contributed by atoms with Crippen LogP contribution in [0.25, 0.3) is 0 Å². The molecule has 0 aromatic heterocycles. The lowest BCUT2D eigenvalue weighted by Gasteiger charge is -2.18. The van der Waals surface area contributed by atoms with E-state index in [1.165, 1.54) is 5.56 Å². The maximum absolute atomic E-state index is 5.66. The second-order valence-electron chi connectivity index (χ2n) is 3.36. The number of benzene rings is 1. The molecule has 2 N–H and O–H groups in total. The van der Waals surface area contributed by atoms with Crippen molar-refractivity contribution in [2.24, 2.45) is 10.7 Å². The van der Waals surface area contributed by atoms with Crippen LogP contribution >= 0.6 is 11.8 Å². The van der Waals surface area contributed by atoms with E-state index in [1.54, 1.807) is 11.8 Å². The molecule has 80 valence electrons. The molecular weight excluding hydrogens is 208 g/mol. The van der Waals surface area contributed by atoms with Crippen molar-refractivity contribution in [3.8, 4) is 0 Å². The number of nitrogens with two attached hydrogens (primary N) is 1. The van der Waals surface area contributed by atoms with Crippen molar-refractivity contribution in [2.45, 2.75) is 19.3 Å². The average Bonchev–Trinajstić information content (AvgIpc) is 2.28. The summed E-state index contributed by atoms with van der Waals surface area (Å²) in [5.41, 5.74) is 6.80. The zero-order chi connectivity index (χ0) is 10.5.